The van der Waals surface area contributed by atoms with E-state index in [0.29, 0.717) is 11.5 Å². The lowest BCUT2D eigenvalue weighted by molar-refractivity contribution is 0.0706. The van der Waals surface area contributed by atoms with Crippen molar-refractivity contribution in [2.24, 2.45) is 0 Å². The van der Waals surface area contributed by atoms with Gasteiger partial charge < -0.3 is 5.32 Å². The number of aromatic nitrogens is 2. The lowest BCUT2D eigenvalue weighted by Gasteiger charge is -2.21. The molecule has 0 unspecified atom stereocenters. The largest absolute Gasteiger partial charge is 0.340 e. The summed E-state index contributed by atoms with van der Waals surface area (Å²) in [4.78, 5) is 16.4. The van der Waals surface area contributed by atoms with Crippen molar-refractivity contribution in [1.82, 2.24) is 14.9 Å². The first-order valence-corrected chi connectivity index (χ1v) is 9.05. The van der Waals surface area contributed by atoms with Crippen molar-refractivity contribution in [3.05, 3.63) is 59.9 Å². The zero-order valence-electron chi connectivity index (χ0n) is 14.5. The van der Waals surface area contributed by atoms with Crippen LogP contribution in [0.4, 0.5) is 11.5 Å². The number of amides is 1. The van der Waals surface area contributed by atoms with Gasteiger partial charge in [0.05, 0.1) is 5.69 Å². The number of nitrogens with zero attached hydrogens (tertiary/aromatic N) is 2. The molecular weight excluding hydrogens is 328 g/mol. The number of hydrogen-bond donors (Lipinski definition) is 3. The highest BCUT2D eigenvalue weighted by Gasteiger charge is 2.23. The highest BCUT2D eigenvalue weighted by molar-refractivity contribution is 5.93. The van der Waals surface area contributed by atoms with E-state index >= 15 is 0 Å². The van der Waals surface area contributed by atoms with E-state index in [4.69, 9.17) is 10.2 Å². The van der Waals surface area contributed by atoms with Crippen molar-refractivity contribution >= 4 is 23.1 Å². The minimum Gasteiger partial charge on any atom is -0.340 e. The number of fused-ring (bicyclic) bond motifs is 1. The quantitative estimate of drug-likeness (QED) is 0.486. The lowest BCUT2D eigenvalue weighted by atomic mass is 9.87. The Bertz CT molecular complexity index is 911. The first-order valence-electron chi connectivity index (χ1n) is 9.05. The summed E-state index contributed by atoms with van der Waals surface area (Å²) in [5.74, 6) is 0.951. The van der Waals surface area contributed by atoms with E-state index < -0.39 is 5.91 Å². The van der Waals surface area contributed by atoms with E-state index in [0.717, 1.165) is 22.8 Å². The number of pyridine rings is 1. The number of anilines is 2. The maximum atomic E-state index is 11.5. The van der Waals surface area contributed by atoms with Crippen molar-refractivity contribution in [3.8, 4) is 0 Å². The van der Waals surface area contributed by atoms with Crippen molar-refractivity contribution in [2.45, 2.75) is 38.0 Å². The third-order valence-corrected chi connectivity index (χ3v) is 5.06. The molecule has 1 aliphatic carbocycles. The van der Waals surface area contributed by atoms with Crippen LogP contribution in [0.15, 0.2) is 48.7 Å². The first kappa shape index (κ1) is 16.6. The van der Waals surface area contributed by atoms with Gasteiger partial charge in [0.25, 0.3) is 5.91 Å². The topological polar surface area (TPSA) is 78.7 Å². The Balaban J connectivity index is 1.69. The van der Waals surface area contributed by atoms with Gasteiger partial charge in [0.2, 0.25) is 0 Å². The molecule has 3 aromatic rings. The highest BCUT2D eigenvalue weighted by Crippen LogP contribution is 2.37. The molecule has 0 saturated heterocycles. The summed E-state index contributed by atoms with van der Waals surface area (Å²) in [7, 11) is 0. The molecule has 6 nitrogen and oxygen atoms in total. The van der Waals surface area contributed by atoms with Gasteiger partial charge in [-0.1, -0.05) is 25.3 Å². The van der Waals surface area contributed by atoms with E-state index in [9.17, 15) is 4.79 Å². The highest BCUT2D eigenvalue weighted by atomic mass is 16.5. The van der Waals surface area contributed by atoms with Gasteiger partial charge in [-0.2, -0.15) is 0 Å². The molecule has 1 fully saturated rings. The molecule has 1 amide bonds. The van der Waals surface area contributed by atoms with Gasteiger partial charge in [0.15, 0.2) is 0 Å². The van der Waals surface area contributed by atoms with Crippen molar-refractivity contribution in [1.29, 1.82) is 0 Å². The smallest absolute Gasteiger partial charge is 0.274 e. The van der Waals surface area contributed by atoms with Gasteiger partial charge in [-0.3, -0.25) is 14.4 Å². The predicted octanol–water partition coefficient (Wildman–Crippen LogP) is 4.24. The predicted molar refractivity (Wildman–Crippen MR) is 100.0 cm³/mol. The Labute approximate surface area is 151 Å². The van der Waals surface area contributed by atoms with Gasteiger partial charge in [-0.25, -0.2) is 10.5 Å². The number of nitrogens with one attached hydrogen (secondary N) is 2. The minimum absolute atomic E-state index is 0.406. The third kappa shape index (κ3) is 3.15. The average Bonchev–Trinajstić information content (AvgIpc) is 3.07. The second-order valence-electron chi connectivity index (χ2n) is 6.75. The molecule has 1 aliphatic rings. The normalized spacial score (nSPS) is 15.1. The van der Waals surface area contributed by atoms with E-state index in [1.165, 1.54) is 32.1 Å². The van der Waals surface area contributed by atoms with Crippen molar-refractivity contribution in [2.75, 3.05) is 5.32 Å². The van der Waals surface area contributed by atoms with Crippen LogP contribution >= 0.6 is 0 Å². The molecule has 0 spiro atoms. The summed E-state index contributed by atoms with van der Waals surface area (Å²) in [5, 5.41) is 12.2. The molecule has 2 aromatic heterocycles. The Morgan fingerprint density at radius 3 is 2.58 bits per heavy atom. The number of hydrogen-bond acceptors (Lipinski definition) is 4. The molecular formula is C20H22N4O2. The van der Waals surface area contributed by atoms with E-state index in [1.807, 2.05) is 36.5 Å². The first-order chi connectivity index (χ1) is 12.8. The number of hydroxylamine groups is 1. The SMILES string of the molecule is O=C(NO)c1ccc(Nc2c(C3CCCCC3)nc3ccccn23)cc1. The van der Waals surface area contributed by atoms with Gasteiger partial charge in [0.1, 0.15) is 11.5 Å². The number of carbonyl (C=O) groups is 1. The zero-order chi connectivity index (χ0) is 17.9. The molecule has 0 aliphatic heterocycles. The van der Waals surface area contributed by atoms with Crippen LogP contribution in [-0.4, -0.2) is 20.5 Å². The van der Waals surface area contributed by atoms with Gasteiger partial charge >= 0.3 is 0 Å². The maximum absolute atomic E-state index is 11.5. The van der Waals surface area contributed by atoms with E-state index in [-0.39, 0.29) is 0 Å². The van der Waals surface area contributed by atoms with Crippen LogP contribution in [0, 0.1) is 0 Å². The van der Waals surface area contributed by atoms with Crippen LogP contribution < -0.4 is 10.8 Å². The molecule has 134 valence electrons. The molecule has 26 heavy (non-hydrogen) atoms. The molecule has 1 aromatic carbocycles. The zero-order valence-corrected chi connectivity index (χ0v) is 14.5. The summed E-state index contributed by atoms with van der Waals surface area (Å²) >= 11 is 0. The number of imidazole rings is 1. The standard InChI is InChI=1S/C20H22N4O2/c25-20(23-26)15-9-11-16(12-10-15)21-19-18(14-6-2-1-3-7-14)22-17-8-4-5-13-24(17)19/h4-5,8-14,21,26H,1-3,6-7H2,(H,23,25). The minimum atomic E-state index is -0.519. The molecule has 0 radical (unpaired) electrons. The fourth-order valence-electron chi connectivity index (χ4n) is 3.71. The summed E-state index contributed by atoms with van der Waals surface area (Å²) in [5.41, 5.74) is 4.99. The molecule has 3 N–H and O–H groups in total. The van der Waals surface area contributed by atoms with Crippen LogP contribution in [0.5, 0.6) is 0 Å². The fourth-order valence-corrected chi connectivity index (χ4v) is 3.71. The summed E-state index contributed by atoms with van der Waals surface area (Å²) < 4.78 is 2.08. The summed E-state index contributed by atoms with van der Waals surface area (Å²) in [6.45, 7) is 0. The lowest BCUT2D eigenvalue weighted by Crippen LogP contribution is -2.18. The van der Waals surface area contributed by atoms with Crippen LogP contribution in [0.25, 0.3) is 5.65 Å². The maximum Gasteiger partial charge on any atom is 0.274 e. The van der Waals surface area contributed by atoms with Gasteiger partial charge in [-0.05, 0) is 49.2 Å². The molecule has 1 saturated carbocycles. The van der Waals surface area contributed by atoms with E-state index in [2.05, 4.69) is 9.72 Å². The fraction of sp³-hybridized carbons (Fsp3) is 0.300. The average molecular weight is 350 g/mol. The Hall–Kier alpha value is -2.86. The molecule has 0 bridgehead atoms. The van der Waals surface area contributed by atoms with Crippen molar-refractivity contribution < 1.29 is 10.0 Å². The molecule has 4 rings (SSSR count). The molecule has 6 heteroatoms. The summed E-state index contributed by atoms with van der Waals surface area (Å²) in [6, 6.07) is 13.0. The number of rotatable bonds is 4. The van der Waals surface area contributed by atoms with Crippen LogP contribution in [0.1, 0.15) is 54.1 Å². The Morgan fingerprint density at radius 2 is 1.85 bits per heavy atom. The Kier molecular flexibility index (Phi) is 4.58. The van der Waals surface area contributed by atoms with Gasteiger partial charge in [-0.15, -0.1) is 0 Å². The number of benzene rings is 1. The second-order valence-corrected chi connectivity index (χ2v) is 6.75. The molecule has 2 heterocycles. The third-order valence-electron chi connectivity index (χ3n) is 5.06. The molecule has 0 atom stereocenters. The number of carbonyl (C=O) groups excluding carboxylic acids is 1. The van der Waals surface area contributed by atoms with Gasteiger partial charge in [0, 0.05) is 23.4 Å². The Morgan fingerprint density at radius 1 is 1.08 bits per heavy atom. The van der Waals surface area contributed by atoms with E-state index in [1.54, 1.807) is 17.6 Å². The van der Waals surface area contributed by atoms with Crippen LogP contribution in [0.3, 0.4) is 0 Å². The van der Waals surface area contributed by atoms with Crippen LogP contribution in [-0.2, 0) is 0 Å². The second kappa shape index (κ2) is 7.17. The van der Waals surface area contributed by atoms with Crippen LogP contribution in [0.2, 0.25) is 0 Å². The van der Waals surface area contributed by atoms with Crippen molar-refractivity contribution in [3.63, 3.8) is 0 Å². The summed E-state index contributed by atoms with van der Waals surface area (Å²) in [6.07, 6.45) is 8.18. The monoisotopic (exact) mass is 350 g/mol.